The van der Waals surface area contributed by atoms with Crippen LogP contribution in [0, 0.1) is 0 Å². The molecule has 1 atom stereocenters. The SMILES string of the molecule is O=S(=O)(NC[C@@H](c1cccs1)N1CCOCC1)c1cccc(Cl)c1. The van der Waals surface area contributed by atoms with Crippen LogP contribution >= 0.6 is 22.9 Å². The zero-order chi connectivity index (χ0) is 17.0. The zero-order valence-electron chi connectivity index (χ0n) is 13.0. The number of hydrogen-bond donors (Lipinski definition) is 1. The number of ether oxygens (including phenoxy) is 1. The molecule has 1 saturated heterocycles. The fourth-order valence-corrected chi connectivity index (χ4v) is 4.89. The minimum absolute atomic E-state index is 0.00265. The van der Waals surface area contributed by atoms with E-state index in [0.29, 0.717) is 24.8 Å². The van der Waals surface area contributed by atoms with Crippen molar-refractivity contribution in [3.8, 4) is 0 Å². The number of morpholine rings is 1. The van der Waals surface area contributed by atoms with E-state index in [0.717, 1.165) is 18.0 Å². The Kier molecular flexibility index (Phi) is 5.91. The minimum atomic E-state index is -3.60. The highest BCUT2D eigenvalue weighted by atomic mass is 35.5. The van der Waals surface area contributed by atoms with Gasteiger partial charge in [0.25, 0.3) is 0 Å². The lowest BCUT2D eigenvalue weighted by atomic mass is 10.2. The Morgan fingerprint density at radius 1 is 1.25 bits per heavy atom. The van der Waals surface area contributed by atoms with Gasteiger partial charge in [-0.2, -0.15) is 0 Å². The second-order valence-corrected chi connectivity index (χ2v) is 8.67. The molecule has 0 aliphatic carbocycles. The first-order valence-electron chi connectivity index (χ1n) is 7.67. The van der Waals surface area contributed by atoms with Crippen LogP contribution in [-0.4, -0.2) is 46.2 Å². The molecule has 8 heteroatoms. The molecule has 1 aromatic carbocycles. The Morgan fingerprint density at radius 2 is 2.04 bits per heavy atom. The summed E-state index contributed by atoms with van der Waals surface area (Å²) in [5.74, 6) is 0. The van der Waals surface area contributed by atoms with Crippen molar-refractivity contribution in [1.82, 2.24) is 9.62 Å². The van der Waals surface area contributed by atoms with Gasteiger partial charge in [0, 0.05) is 29.5 Å². The lowest BCUT2D eigenvalue weighted by molar-refractivity contribution is 0.0179. The van der Waals surface area contributed by atoms with Crippen LogP contribution in [0.25, 0.3) is 0 Å². The standard InChI is InChI=1S/C16H19ClN2O3S2/c17-13-3-1-4-14(11-13)24(20,21)18-12-15(16-5-2-10-23-16)19-6-8-22-9-7-19/h1-5,10-11,15,18H,6-9,12H2/t15-/m0/s1. The summed E-state index contributed by atoms with van der Waals surface area (Å²) >= 11 is 7.54. The highest BCUT2D eigenvalue weighted by molar-refractivity contribution is 7.89. The van der Waals surface area contributed by atoms with Gasteiger partial charge in [-0.1, -0.05) is 23.7 Å². The molecule has 1 aliphatic rings. The fourth-order valence-electron chi connectivity index (χ4n) is 2.69. The van der Waals surface area contributed by atoms with Gasteiger partial charge in [0.2, 0.25) is 10.0 Å². The Morgan fingerprint density at radius 3 is 2.71 bits per heavy atom. The number of thiophene rings is 1. The smallest absolute Gasteiger partial charge is 0.240 e. The van der Waals surface area contributed by atoms with Gasteiger partial charge in [-0.25, -0.2) is 13.1 Å². The number of rotatable bonds is 6. The Bertz CT molecular complexity index is 759. The van der Waals surface area contributed by atoms with E-state index in [2.05, 4.69) is 9.62 Å². The van der Waals surface area contributed by atoms with E-state index in [1.165, 1.54) is 6.07 Å². The van der Waals surface area contributed by atoms with E-state index in [-0.39, 0.29) is 10.9 Å². The maximum atomic E-state index is 12.5. The van der Waals surface area contributed by atoms with Crippen molar-refractivity contribution in [2.45, 2.75) is 10.9 Å². The van der Waals surface area contributed by atoms with Crippen molar-refractivity contribution in [1.29, 1.82) is 0 Å². The third kappa shape index (κ3) is 4.36. The molecule has 24 heavy (non-hydrogen) atoms. The van der Waals surface area contributed by atoms with Gasteiger partial charge >= 0.3 is 0 Å². The molecule has 0 amide bonds. The number of sulfonamides is 1. The molecule has 0 radical (unpaired) electrons. The number of nitrogens with zero attached hydrogens (tertiary/aromatic N) is 1. The number of benzene rings is 1. The van der Waals surface area contributed by atoms with Gasteiger partial charge in [0.05, 0.1) is 24.2 Å². The van der Waals surface area contributed by atoms with Crippen molar-refractivity contribution in [3.05, 3.63) is 51.7 Å². The lowest BCUT2D eigenvalue weighted by Gasteiger charge is -2.34. The first kappa shape index (κ1) is 17.8. The van der Waals surface area contributed by atoms with Gasteiger partial charge in [-0.15, -0.1) is 11.3 Å². The summed E-state index contributed by atoms with van der Waals surface area (Å²) < 4.78 is 33.2. The summed E-state index contributed by atoms with van der Waals surface area (Å²) in [6, 6.07) is 10.3. The summed E-state index contributed by atoms with van der Waals surface area (Å²) in [4.78, 5) is 3.59. The van der Waals surface area contributed by atoms with Crippen LogP contribution < -0.4 is 4.72 Å². The predicted molar refractivity (Wildman–Crippen MR) is 96.1 cm³/mol. The zero-order valence-corrected chi connectivity index (χ0v) is 15.4. The first-order valence-corrected chi connectivity index (χ1v) is 10.4. The van der Waals surface area contributed by atoms with Gasteiger partial charge in [0.1, 0.15) is 0 Å². The molecule has 1 fully saturated rings. The van der Waals surface area contributed by atoms with E-state index in [9.17, 15) is 8.42 Å². The van der Waals surface area contributed by atoms with Gasteiger partial charge in [-0.3, -0.25) is 4.90 Å². The summed E-state index contributed by atoms with van der Waals surface area (Å²) in [6.07, 6.45) is 0. The highest BCUT2D eigenvalue weighted by Crippen LogP contribution is 2.26. The van der Waals surface area contributed by atoms with Gasteiger partial charge in [-0.05, 0) is 29.6 Å². The van der Waals surface area contributed by atoms with Crippen molar-refractivity contribution >= 4 is 33.0 Å². The third-order valence-electron chi connectivity index (χ3n) is 3.93. The second-order valence-electron chi connectivity index (χ2n) is 5.49. The number of nitrogens with one attached hydrogen (secondary N) is 1. The van der Waals surface area contributed by atoms with Crippen LogP contribution in [0.2, 0.25) is 5.02 Å². The molecule has 0 spiro atoms. The molecular weight excluding hydrogens is 368 g/mol. The molecular formula is C16H19ClN2O3S2. The van der Waals surface area contributed by atoms with Crippen molar-refractivity contribution in [2.75, 3.05) is 32.8 Å². The monoisotopic (exact) mass is 386 g/mol. The van der Waals surface area contributed by atoms with Crippen molar-refractivity contribution < 1.29 is 13.2 Å². The number of hydrogen-bond acceptors (Lipinski definition) is 5. The third-order valence-corrected chi connectivity index (χ3v) is 6.56. The van der Waals surface area contributed by atoms with E-state index in [1.54, 1.807) is 29.5 Å². The molecule has 1 aliphatic heterocycles. The van der Waals surface area contributed by atoms with Crippen LogP contribution in [0.3, 0.4) is 0 Å². The maximum Gasteiger partial charge on any atom is 0.240 e. The van der Waals surface area contributed by atoms with Crippen LogP contribution in [-0.2, 0) is 14.8 Å². The summed E-state index contributed by atoms with van der Waals surface area (Å²) in [7, 11) is -3.60. The molecule has 0 unspecified atom stereocenters. The Hall–Kier alpha value is -0.960. The first-order chi connectivity index (χ1) is 11.6. The van der Waals surface area contributed by atoms with Gasteiger partial charge in [0.15, 0.2) is 0 Å². The van der Waals surface area contributed by atoms with E-state index in [4.69, 9.17) is 16.3 Å². The second kappa shape index (κ2) is 7.95. The average molecular weight is 387 g/mol. The average Bonchev–Trinajstić information content (AvgIpc) is 3.10. The molecule has 2 heterocycles. The van der Waals surface area contributed by atoms with Crippen LogP contribution in [0.1, 0.15) is 10.9 Å². The van der Waals surface area contributed by atoms with Crippen LogP contribution in [0.15, 0.2) is 46.7 Å². The predicted octanol–water partition coefficient (Wildman–Crippen LogP) is 2.75. The summed E-state index contributed by atoms with van der Waals surface area (Å²) in [6.45, 7) is 3.24. The molecule has 0 saturated carbocycles. The number of halogens is 1. The largest absolute Gasteiger partial charge is 0.379 e. The normalized spacial score (nSPS) is 17.7. The topological polar surface area (TPSA) is 58.6 Å². The molecule has 130 valence electrons. The fraction of sp³-hybridized carbons (Fsp3) is 0.375. The summed E-state index contributed by atoms with van der Waals surface area (Å²) in [5.41, 5.74) is 0. The van der Waals surface area contributed by atoms with Gasteiger partial charge < -0.3 is 4.74 Å². The van der Waals surface area contributed by atoms with E-state index in [1.807, 2.05) is 17.5 Å². The molecule has 0 bridgehead atoms. The molecule has 5 nitrogen and oxygen atoms in total. The maximum absolute atomic E-state index is 12.5. The molecule has 3 rings (SSSR count). The Labute approximate surface area is 151 Å². The lowest BCUT2D eigenvalue weighted by Crippen LogP contribution is -2.43. The van der Waals surface area contributed by atoms with Crippen molar-refractivity contribution in [3.63, 3.8) is 0 Å². The summed E-state index contributed by atoms with van der Waals surface area (Å²) in [5, 5.41) is 2.41. The minimum Gasteiger partial charge on any atom is -0.379 e. The van der Waals surface area contributed by atoms with E-state index < -0.39 is 10.0 Å². The molecule has 1 N–H and O–H groups in total. The molecule has 1 aromatic heterocycles. The van der Waals surface area contributed by atoms with E-state index >= 15 is 0 Å². The van der Waals surface area contributed by atoms with Crippen molar-refractivity contribution in [2.24, 2.45) is 0 Å². The Balaban J connectivity index is 1.75. The molecule has 2 aromatic rings. The quantitative estimate of drug-likeness (QED) is 0.829. The highest BCUT2D eigenvalue weighted by Gasteiger charge is 2.25. The van der Waals surface area contributed by atoms with Crippen LogP contribution in [0.5, 0.6) is 0 Å². The van der Waals surface area contributed by atoms with Crippen LogP contribution in [0.4, 0.5) is 0 Å².